The molecular weight excluding hydrogens is 286 g/mol. The van der Waals surface area contributed by atoms with E-state index in [9.17, 15) is 8.42 Å². The van der Waals surface area contributed by atoms with E-state index in [2.05, 4.69) is 4.72 Å². The van der Waals surface area contributed by atoms with Crippen molar-refractivity contribution in [1.82, 2.24) is 4.72 Å². The van der Waals surface area contributed by atoms with E-state index >= 15 is 0 Å². The lowest BCUT2D eigenvalue weighted by molar-refractivity contribution is 0.216. The maximum Gasteiger partial charge on any atom is 0.233 e. The molecule has 0 heterocycles. The van der Waals surface area contributed by atoms with Crippen molar-refractivity contribution < 1.29 is 13.5 Å². The molecule has 0 bridgehead atoms. The number of nitrogens with one attached hydrogen (secondary N) is 1. The van der Waals surface area contributed by atoms with Crippen LogP contribution in [0.1, 0.15) is 19.4 Å². The Hall–Kier alpha value is -0.880. The van der Waals surface area contributed by atoms with Gasteiger partial charge in [0.15, 0.2) is 0 Å². The lowest BCUT2D eigenvalue weighted by Gasteiger charge is -2.17. The molecule has 1 aromatic carbocycles. The summed E-state index contributed by atoms with van der Waals surface area (Å²) in [6, 6.07) is 6.64. The van der Waals surface area contributed by atoms with E-state index in [1.54, 1.807) is 38.1 Å². The van der Waals surface area contributed by atoms with Gasteiger partial charge in [0.1, 0.15) is 0 Å². The molecule has 0 spiro atoms. The van der Waals surface area contributed by atoms with Gasteiger partial charge in [0.05, 0.1) is 0 Å². The fourth-order valence-electron chi connectivity index (χ4n) is 1.35. The molecule has 1 aromatic rings. The molecule has 0 aliphatic heterocycles. The molecule has 0 saturated carbocycles. The van der Waals surface area contributed by atoms with Crippen molar-refractivity contribution >= 4 is 27.7 Å². The van der Waals surface area contributed by atoms with Gasteiger partial charge < -0.3 is 5.11 Å². The van der Waals surface area contributed by atoms with Crippen LogP contribution in [0.3, 0.4) is 0 Å². The highest BCUT2D eigenvalue weighted by Crippen LogP contribution is 2.16. The Morgan fingerprint density at radius 1 is 1.37 bits per heavy atom. The Morgan fingerprint density at radius 3 is 2.58 bits per heavy atom. The first kappa shape index (κ1) is 16.2. The van der Waals surface area contributed by atoms with Crippen LogP contribution in [0.4, 0.5) is 0 Å². The molecule has 4 nitrogen and oxygen atoms in total. The predicted octanol–water partition coefficient (Wildman–Crippen LogP) is 2.25. The molecular formula is C13H18ClNO3S. The van der Waals surface area contributed by atoms with Gasteiger partial charge in [-0.3, -0.25) is 0 Å². The topological polar surface area (TPSA) is 66.4 Å². The number of benzene rings is 1. The highest BCUT2D eigenvalue weighted by atomic mass is 35.5. The second-order valence-corrected chi connectivity index (χ2v) is 6.44. The third-order valence-corrected chi connectivity index (χ3v) is 4.36. The average molecular weight is 304 g/mol. The summed E-state index contributed by atoms with van der Waals surface area (Å²) in [7, 11) is -3.55. The lowest BCUT2D eigenvalue weighted by atomic mass is 10.1. The zero-order valence-electron chi connectivity index (χ0n) is 10.9. The quantitative estimate of drug-likeness (QED) is 0.847. The van der Waals surface area contributed by atoms with Crippen LogP contribution in [-0.2, 0) is 10.0 Å². The molecule has 2 atom stereocenters. The van der Waals surface area contributed by atoms with Crippen LogP contribution in [0.2, 0.25) is 5.02 Å². The Balaban J connectivity index is 2.78. The zero-order valence-corrected chi connectivity index (χ0v) is 12.4. The largest absolute Gasteiger partial charge is 0.396 e. The van der Waals surface area contributed by atoms with Crippen molar-refractivity contribution in [3.05, 3.63) is 40.3 Å². The first-order chi connectivity index (χ1) is 8.85. The Labute approximate surface area is 119 Å². The van der Waals surface area contributed by atoms with Gasteiger partial charge >= 0.3 is 0 Å². The van der Waals surface area contributed by atoms with Crippen LogP contribution in [0.15, 0.2) is 29.7 Å². The van der Waals surface area contributed by atoms with E-state index in [1.165, 1.54) is 6.08 Å². The normalized spacial score (nSPS) is 15.6. The van der Waals surface area contributed by atoms with E-state index in [1.807, 2.05) is 0 Å². The third-order valence-electron chi connectivity index (χ3n) is 2.82. The molecule has 0 amide bonds. The highest BCUT2D eigenvalue weighted by molar-refractivity contribution is 7.92. The van der Waals surface area contributed by atoms with Crippen molar-refractivity contribution in [2.75, 3.05) is 6.61 Å². The first-order valence-electron chi connectivity index (χ1n) is 5.91. The molecule has 0 aliphatic rings. The van der Waals surface area contributed by atoms with Gasteiger partial charge in [-0.15, -0.1) is 0 Å². The van der Waals surface area contributed by atoms with E-state index in [0.29, 0.717) is 10.6 Å². The molecule has 0 saturated heterocycles. The second kappa shape index (κ2) is 7.05. The first-order valence-corrected chi connectivity index (χ1v) is 7.84. The van der Waals surface area contributed by atoms with E-state index in [4.69, 9.17) is 16.7 Å². The van der Waals surface area contributed by atoms with Crippen LogP contribution >= 0.6 is 11.6 Å². The van der Waals surface area contributed by atoms with E-state index < -0.39 is 10.0 Å². The molecule has 6 heteroatoms. The molecule has 0 aliphatic carbocycles. The molecule has 0 aromatic heterocycles. The summed E-state index contributed by atoms with van der Waals surface area (Å²) in [5, 5.41) is 10.5. The van der Waals surface area contributed by atoms with Crippen LogP contribution < -0.4 is 4.72 Å². The number of rotatable bonds is 6. The van der Waals surface area contributed by atoms with Gasteiger partial charge in [-0.25, -0.2) is 13.1 Å². The van der Waals surface area contributed by atoms with Crippen LogP contribution in [0.25, 0.3) is 6.08 Å². The van der Waals surface area contributed by atoms with Crippen LogP contribution in [0, 0.1) is 5.92 Å². The summed E-state index contributed by atoms with van der Waals surface area (Å²) in [6.45, 7) is 3.41. The predicted molar refractivity (Wildman–Crippen MR) is 78.3 cm³/mol. The van der Waals surface area contributed by atoms with Crippen molar-refractivity contribution in [3.63, 3.8) is 0 Å². The molecule has 106 valence electrons. The summed E-state index contributed by atoms with van der Waals surface area (Å²) in [4.78, 5) is 0. The third kappa shape index (κ3) is 5.32. The second-order valence-electron chi connectivity index (χ2n) is 4.44. The van der Waals surface area contributed by atoms with Gasteiger partial charge in [0.2, 0.25) is 10.0 Å². The standard InChI is InChI=1S/C13H18ClNO3S/c1-10(9-16)11(2)15-19(17,18)8-7-12-5-3-4-6-13(12)14/h3-8,10-11,15-16H,9H2,1-2H3/b8-7+. The molecule has 2 unspecified atom stereocenters. The molecule has 0 radical (unpaired) electrons. The minimum atomic E-state index is -3.55. The monoisotopic (exact) mass is 303 g/mol. The number of hydrogen-bond donors (Lipinski definition) is 2. The molecule has 2 N–H and O–H groups in total. The van der Waals surface area contributed by atoms with Crippen LogP contribution in [0.5, 0.6) is 0 Å². The van der Waals surface area contributed by atoms with Crippen molar-refractivity contribution in [2.45, 2.75) is 19.9 Å². The summed E-state index contributed by atoms with van der Waals surface area (Å²) in [5.74, 6) is -0.150. The van der Waals surface area contributed by atoms with Crippen molar-refractivity contribution in [1.29, 1.82) is 0 Å². The fourth-order valence-corrected chi connectivity index (χ4v) is 2.70. The van der Waals surface area contributed by atoms with E-state index in [-0.39, 0.29) is 18.6 Å². The number of aliphatic hydroxyl groups is 1. The highest BCUT2D eigenvalue weighted by Gasteiger charge is 2.16. The van der Waals surface area contributed by atoms with Gasteiger partial charge in [-0.1, -0.05) is 36.7 Å². The SMILES string of the molecule is CC(CO)C(C)NS(=O)(=O)/C=C/c1ccccc1Cl. The van der Waals surface area contributed by atoms with Gasteiger partial charge in [0.25, 0.3) is 0 Å². The van der Waals surface area contributed by atoms with Crippen molar-refractivity contribution in [2.24, 2.45) is 5.92 Å². The Bertz CT molecular complexity index is 543. The van der Waals surface area contributed by atoms with Gasteiger partial charge in [-0.2, -0.15) is 0 Å². The molecule has 1 rings (SSSR count). The minimum Gasteiger partial charge on any atom is -0.396 e. The lowest BCUT2D eigenvalue weighted by Crippen LogP contribution is -2.37. The number of halogens is 1. The summed E-state index contributed by atoms with van der Waals surface area (Å²) < 4.78 is 26.1. The molecule has 19 heavy (non-hydrogen) atoms. The van der Waals surface area contributed by atoms with E-state index in [0.717, 1.165) is 5.41 Å². The van der Waals surface area contributed by atoms with Gasteiger partial charge in [0, 0.05) is 23.1 Å². The summed E-state index contributed by atoms with van der Waals surface area (Å²) in [6.07, 6.45) is 1.45. The number of aliphatic hydroxyl groups excluding tert-OH is 1. The smallest absolute Gasteiger partial charge is 0.233 e. The minimum absolute atomic E-state index is 0.0715. The van der Waals surface area contributed by atoms with Crippen molar-refractivity contribution in [3.8, 4) is 0 Å². The number of sulfonamides is 1. The molecule has 0 fully saturated rings. The van der Waals surface area contributed by atoms with Gasteiger partial charge in [-0.05, 0) is 30.5 Å². The van der Waals surface area contributed by atoms with Crippen LogP contribution in [-0.4, -0.2) is 26.2 Å². The Kier molecular flexibility index (Phi) is 6.00. The summed E-state index contributed by atoms with van der Waals surface area (Å²) in [5.41, 5.74) is 0.636. The maximum absolute atomic E-state index is 11.8. The Morgan fingerprint density at radius 2 is 2.00 bits per heavy atom. The fraction of sp³-hybridized carbons (Fsp3) is 0.385. The number of hydrogen-bond acceptors (Lipinski definition) is 3. The summed E-state index contributed by atoms with van der Waals surface area (Å²) >= 11 is 5.93. The maximum atomic E-state index is 11.8. The zero-order chi connectivity index (χ0) is 14.5. The average Bonchev–Trinajstić information content (AvgIpc) is 2.36.